The van der Waals surface area contributed by atoms with Crippen LogP contribution >= 0.6 is 0 Å². The molecule has 8 nitrogen and oxygen atoms in total. The number of hydrogen-bond acceptors (Lipinski definition) is 5. The lowest BCUT2D eigenvalue weighted by atomic mass is 10.1. The van der Waals surface area contributed by atoms with Crippen molar-refractivity contribution in [2.24, 2.45) is 0 Å². The van der Waals surface area contributed by atoms with Gasteiger partial charge in [-0.3, -0.25) is 0 Å². The molecule has 0 radical (unpaired) electrons. The van der Waals surface area contributed by atoms with Crippen molar-refractivity contribution in [1.29, 1.82) is 0 Å². The minimum absolute atomic E-state index is 0.0746. The van der Waals surface area contributed by atoms with Crippen LogP contribution in [0.3, 0.4) is 0 Å². The number of amides is 1. The first-order valence-electron chi connectivity index (χ1n) is 9.35. The highest BCUT2D eigenvalue weighted by molar-refractivity contribution is 5.87. The van der Waals surface area contributed by atoms with Gasteiger partial charge in [0.2, 0.25) is 0 Å². The molecule has 1 rings (SSSR count). The minimum atomic E-state index is -1.28. The Labute approximate surface area is 170 Å². The van der Waals surface area contributed by atoms with Crippen LogP contribution in [0.5, 0.6) is 0 Å². The molecule has 0 spiro atoms. The van der Waals surface area contributed by atoms with Crippen LogP contribution in [0.15, 0.2) is 42.0 Å². The van der Waals surface area contributed by atoms with E-state index < -0.39 is 29.7 Å². The van der Waals surface area contributed by atoms with Gasteiger partial charge < -0.3 is 25.0 Å². The highest BCUT2D eigenvalue weighted by Crippen LogP contribution is 2.11. The molecule has 0 aromatic heterocycles. The molecule has 0 saturated heterocycles. The molecule has 29 heavy (non-hydrogen) atoms. The normalized spacial score (nSPS) is 12.9. The van der Waals surface area contributed by atoms with Crippen molar-refractivity contribution >= 4 is 18.0 Å². The van der Waals surface area contributed by atoms with E-state index in [1.807, 2.05) is 30.3 Å². The molecule has 160 valence electrons. The number of aliphatic carboxylic acids is 2. The van der Waals surface area contributed by atoms with Crippen LogP contribution in [0.25, 0.3) is 0 Å². The van der Waals surface area contributed by atoms with Gasteiger partial charge in [0.05, 0.1) is 6.61 Å². The number of benzene rings is 1. The summed E-state index contributed by atoms with van der Waals surface area (Å²) in [7, 11) is 0. The van der Waals surface area contributed by atoms with Crippen LogP contribution in [0, 0.1) is 0 Å². The zero-order valence-electron chi connectivity index (χ0n) is 17.0. The van der Waals surface area contributed by atoms with Gasteiger partial charge in [0.1, 0.15) is 11.6 Å². The highest BCUT2D eigenvalue weighted by Gasteiger charge is 2.23. The molecule has 8 heteroatoms. The second-order valence-corrected chi connectivity index (χ2v) is 7.45. The summed E-state index contributed by atoms with van der Waals surface area (Å²) in [4.78, 5) is 34.5. The van der Waals surface area contributed by atoms with E-state index in [1.54, 1.807) is 20.8 Å². The zero-order valence-corrected chi connectivity index (χ0v) is 17.0. The molecule has 1 aromatic carbocycles. The summed E-state index contributed by atoms with van der Waals surface area (Å²) in [5.74, 6) is -2.41. The molecule has 0 aliphatic carbocycles. The number of ether oxygens (including phenoxy) is 2. The Hall–Kier alpha value is -2.87. The van der Waals surface area contributed by atoms with Crippen molar-refractivity contribution in [1.82, 2.24) is 5.32 Å². The fraction of sp³-hybridized carbons (Fsp3) is 0.476. The molecule has 0 unspecified atom stereocenters. The average Bonchev–Trinajstić information content (AvgIpc) is 2.61. The summed E-state index contributed by atoms with van der Waals surface area (Å²) in [6.45, 7) is 5.78. The second-order valence-electron chi connectivity index (χ2n) is 7.45. The molecule has 0 fully saturated rings. The Kier molecular flexibility index (Phi) is 9.88. The topological polar surface area (TPSA) is 122 Å². The standard InChI is InChI=1S/C21H29NO7/c1-21(2,3)29-20(27)22-17(19(25)26)12-11-16(18(23)24)10-7-13-28-14-15-8-5-4-6-9-15/h4-6,8-9,11,17H,7,10,12-14H2,1-3H3,(H,22,27)(H,23,24)(H,25,26)/b16-11+/t17-/m0/s1. The Bertz CT molecular complexity index is 707. The minimum Gasteiger partial charge on any atom is -0.480 e. The fourth-order valence-corrected chi connectivity index (χ4v) is 2.36. The Morgan fingerprint density at radius 1 is 1.14 bits per heavy atom. The fourth-order valence-electron chi connectivity index (χ4n) is 2.36. The molecular weight excluding hydrogens is 378 g/mol. The summed E-state index contributed by atoms with van der Waals surface area (Å²) in [6, 6.07) is 8.32. The van der Waals surface area contributed by atoms with Crippen molar-refractivity contribution in [3.8, 4) is 0 Å². The third-order valence-electron chi connectivity index (χ3n) is 3.71. The maximum absolute atomic E-state index is 11.8. The number of alkyl carbamates (subject to hydrolysis) is 1. The van der Waals surface area contributed by atoms with Gasteiger partial charge in [0, 0.05) is 12.2 Å². The average molecular weight is 407 g/mol. The first-order chi connectivity index (χ1) is 13.6. The number of carbonyl (C=O) groups excluding carboxylic acids is 1. The monoisotopic (exact) mass is 407 g/mol. The van der Waals surface area contributed by atoms with Gasteiger partial charge in [0.25, 0.3) is 0 Å². The van der Waals surface area contributed by atoms with Crippen LogP contribution in [-0.4, -0.2) is 46.5 Å². The molecule has 0 aliphatic heterocycles. The van der Waals surface area contributed by atoms with E-state index in [1.165, 1.54) is 6.08 Å². The van der Waals surface area contributed by atoms with E-state index in [-0.39, 0.29) is 18.4 Å². The SMILES string of the molecule is CC(C)(C)OC(=O)N[C@@H](C/C=C(\CCCOCc1ccccc1)C(=O)O)C(=O)O. The first kappa shape index (κ1) is 24.2. The molecule has 0 heterocycles. The molecule has 1 aromatic rings. The molecule has 0 bridgehead atoms. The number of hydrogen-bond donors (Lipinski definition) is 3. The maximum atomic E-state index is 11.8. The van der Waals surface area contributed by atoms with E-state index in [2.05, 4.69) is 5.32 Å². The predicted molar refractivity (Wildman–Crippen MR) is 106 cm³/mol. The van der Waals surface area contributed by atoms with Gasteiger partial charge in [-0.15, -0.1) is 0 Å². The smallest absolute Gasteiger partial charge is 0.408 e. The molecule has 1 atom stereocenters. The van der Waals surface area contributed by atoms with Crippen molar-refractivity contribution in [3.63, 3.8) is 0 Å². The van der Waals surface area contributed by atoms with Gasteiger partial charge in [-0.2, -0.15) is 0 Å². The summed E-state index contributed by atoms with van der Waals surface area (Å²) >= 11 is 0. The van der Waals surface area contributed by atoms with E-state index >= 15 is 0 Å². The predicted octanol–water partition coefficient (Wildman–Crippen LogP) is 3.36. The van der Waals surface area contributed by atoms with Gasteiger partial charge in [-0.05, 0) is 45.6 Å². The molecule has 0 aliphatic rings. The molecular formula is C21H29NO7. The molecule has 3 N–H and O–H groups in total. The van der Waals surface area contributed by atoms with Crippen LogP contribution in [0.1, 0.15) is 45.6 Å². The lowest BCUT2D eigenvalue weighted by molar-refractivity contribution is -0.139. The lowest BCUT2D eigenvalue weighted by Gasteiger charge is -2.21. The quantitative estimate of drug-likeness (QED) is 0.380. The number of rotatable bonds is 11. The summed E-state index contributed by atoms with van der Waals surface area (Å²) in [6.07, 6.45) is 0.978. The Morgan fingerprint density at radius 3 is 2.34 bits per heavy atom. The van der Waals surface area contributed by atoms with Crippen LogP contribution in [0.4, 0.5) is 4.79 Å². The third kappa shape index (κ3) is 10.9. The lowest BCUT2D eigenvalue weighted by Crippen LogP contribution is -2.43. The summed E-state index contributed by atoms with van der Waals surface area (Å²) in [5.41, 5.74) is 0.333. The zero-order chi connectivity index (χ0) is 21.9. The summed E-state index contributed by atoms with van der Waals surface area (Å²) in [5, 5.41) is 20.8. The van der Waals surface area contributed by atoms with Crippen molar-refractivity contribution in [2.75, 3.05) is 6.61 Å². The third-order valence-corrected chi connectivity index (χ3v) is 3.71. The Morgan fingerprint density at radius 2 is 1.79 bits per heavy atom. The molecule has 1 amide bonds. The van der Waals surface area contributed by atoms with Crippen LogP contribution in [-0.2, 0) is 25.7 Å². The van der Waals surface area contributed by atoms with E-state index in [0.717, 1.165) is 5.56 Å². The Balaban J connectivity index is 2.51. The van der Waals surface area contributed by atoms with E-state index in [4.69, 9.17) is 9.47 Å². The van der Waals surface area contributed by atoms with Gasteiger partial charge >= 0.3 is 18.0 Å². The van der Waals surface area contributed by atoms with Gasteiger partial charge in [0.15, 0.2) is 0 Å². The largest absolute Gasteiger partial charge is 0.480 e. The maximum Gasteiger partial charge on any atom is 0.408 e. The summed E-state index contributed by atoms with van der Waals surface area (Å²) < 4.78 is 10.6. The second kappa shape index (κ2) is 11.9. The van der Waals surface area contributed by atoms with Crippen LogP contribution in [0.2, 0.25) is 0 Å². The number of carboxylic acids is 2. The number of carbonyl (C=O) groups is 3. The number of carboxylic acid groups (broad SMARTS) is 2. The number of nitrogens with one attached hydrogen (secondary N) is 1. The van der Waals surface area contributed by atoms with Crippen molar-refractivity contribution in [3.05, 3.63) is 47.5 Å². The van der Waals surface area contributed by atoms with Crippen LogP contribution < -0.4 is 5.32 Å². The first-order valence-corrected chi connectivity index (χ1v) is 9.35. The van der Waals surface area contributed by atoms with E-state index in [9.17, 15) is 24.6 Å². The highest BCUT2D eigenvalue weighted by atomic mass is 16.6. The van der Waals surface area contributed by atoms with E-state index in [0.29, 0.717) is 19.6 Å². The van der Waals surface area contributed by atoms with Crippen molar-refractivity contribution in [2.45, 2.75) is 58.3 Å². The van der Waals surface area contributed by atoms with Gasteiger partial charge in [-0.1, -0.05) is 36.4 Å². The van der Waals surface area contributed by atoms with Gasteiger partial charge in [-0.25, -0.2) is 14.4 Å². The molecule has 0 saturated carbocycles. The van der Waals surface area contributed by atoms with Crippen molar-refractivity contribution < 1.29 is 34.1 Å².